The number of H-pyrrole nitrogens is 2. The van der Waals surface area contributed by atoms with Gasteiger partial charge in [0.05, 0.1) is 28.6 Å². The van der Waals surface area contributed by atoms with Gasteiger partial charge in [-0.05, 0) is 42.8 Å². The highest BCUT2D eigenvalue weighted by Gasteiger charge is 2.17. The van der Waals surface area contributed by atoms with E-state index in [2.05, 4.69) is 42.6 Å². The molecule has 152 valence electrons. The van der Waals surface area contributed by atoms with E-state index in [1.54, 1.807) is 12.3 Å². The molecular formula is C23H18FN7. The molecule has 7 nitrogen and oxygen atoms in total. The Morgan fingerprint density at radius 2 is 1.97 bits per heavy atom. The lowest BCUT2D eigenvalue weighted by Crippen LogP contribution is -2.20. The maximum absolute atomic E-state index is 13.8. The standard InChI is InChI=1S/C23H18FN7/c24-15-3-1-2-14(10-15)20-22-17(6-9-26-20)28-23(29-22)21-16-11-18(13-4-7-25-8-5-13)27-12-19(16)30-31-21/h1-4,6,9-12,25H,5,7-8H2,(H,28,29)(H,30,31). The quantitative estimate of drug-likeness (QED) is 0.416. The van der Waals surface area contributed by atoms with Crippen LogP contribution in [0.3, 0.4) is 0 Å². The summed E-state index contributed by atoms with van der Waals surface area (Å²) in [6, 6.07) is 10.3. The molecule has 0 amide bonds. The SMILES string of the molecule is Fc1cccc(-c2nccc3[nH]c(-c4n[nH]c5cnc(C6=CCNCC6)cc45)nc23)c1. The van der Waals surface area contributed by atoms with Crippen molar-refractivity contribution in [2.75, 3.05) is 13.1 Å². The van der Waals surface area contributed by atoms with Crippen LogP contribution in [-0.2, 0) is 0 Å². The molecule has 4 aromatic heterocycles. The van der Waals surface area contributed by atoms with Crippen LogP contribution in [0.2, 0.25) is 0 Å². The Bertz CT molecular complexity index is 1460. The fourth-order valence-electron chi connectivity index (χ4n) is 4.02. The van der Waals surface area contributed by atoms with E-state index in [9.17, 15) is 4.39 Å². The van der Waals surface area contributed by atoms with Gasteiger partial charge in [-0.1, -0.05) is 18.2 Å². The first-order chi connectivity index (χ1) is 15.3. The number of nitrogens with one attached hydrogen (secondary N) is 3. The van der Waals surface area contributed by atoms with Gasteiger partial charge in [0.15, 0.2) is 5.82 Å². The molecule has 1 aliphatic heterocycles. The third-order valence-corrected chi connectivity index (χ3v) is 5.56. The van der Waals surface area contributed by atoms with Gasteiger partial charge in [-0.2, -0.15) is 5.10 Å². The van der Waals surface area contributed by atoms with Gasteiger partial charge < -0.3 is 10.3 Å². The van der Waals surface area contributed by atoms with Crippen molar-refractivity contribution in [3.8, 4) is 22.8 Å². The van der Waals surface area contributed by atoms with E-state index in [0.717, 1.165) is 47.3 Å². The number of rotatable bonds is 3. The number of hydrogen-bond acceptors (Lipinski definition) is 5. The number of imidazole rings is 1. The molecule has 31 heavy (non-hydrogen) atoms. The van der Waals surface area contributed by atoms with Crippen molar-refractivity contribution < 1.29 is 4.39 Å². The van der Waals surface area contributed by atoms with Crippen molar-refractivity contribution in [1.29, 1.82) is 0 Å². The predicted octanol–water partition coefficient (Wildman–Crippen LogP) is 4.08. The van der Waals surface area contributed by atoms with Crippen molar-refractivity contribution in [3.05, 3.63) is 66.4 Å². The van der Waals surface area contributed by atoms with Crippen molar-refractivity contribution in [1.82, 2.24) is 35.5 Å². The highest BCUT2D eigenvalue weighted by Crippen LogP contribution is 2.31. The number of nitrogens with zero attached hydrogens (tertiary/aromatic N) is 4. The zero-order valence-electron chi connectivity index (χ0n) is 16.5. The Balaban J connectivity index is 1.49. The van der Waals surface area contributed by atoms with Gasteiger partial charge in [0.1, 0.15) is 17.0 Å². The molecule has 0 bridgehead atoms. The number of aromatic nitrogens is 6. The van der Waals surface area contributed by atoms with E-state index in [4.69, 9.17) is 4.98 Å². The number of pyridine rings is 2. The largest absolute Gasteiger partial charge is 0.336 e. The molecule has 0 aliphatic carbocycles. The average molecular weight is 411 g/mol. The van der Waals surface area contributed by atoms with E-state index in [-0.39, 0.29) is 5.82 Å². The molecule has 3 N–H and O–H groups in total. The molecule has 0 saturated heterocycles. The molecule has 0 fully saturated rings. The number of benzene rings is 1. The lowest BCUT2D eigenvalue weighted by molar-refractivity contribution is 0.628. The zero-order valence-corrected chi connectivity index (χ0v) is 16.5. The third kappa shape index (κ3) is 3.08. The smallest absolute Gasteiger partial charge is 0.159 e. The molecule has 5 aromatic rings. The van der Waals surface area contributed by atoms with Crippen LogP contribution in [0.15, 0.2) is 54.9 Å². The van der Waals surface area contributed by atoms with E-state index >= 15 is 0 Å². The maximum atomic E-state index is 13.8. The number of aromatic amines is 2. The molecule has 0 atom stereocenters. The van der Waals surface area contributed by atoms with Crippen LogP contribution in [0.4, 0.5) is 4.39 Å². The molecule has 0 saturated carbocycles. The summed E-state index contributed by atoms with van der Waals surface area (Å²) in [4.78, 5) is 17.2. The minimum Gasteiger partial charge on any atom is -0.336 e. The summed E-state index contributed by atoms with van der Waals surface area (Å²) in [6.07, 6.45) is 6.62. The number of fused-ring (bicyclic) bond motifs is 2. The lowest BCUT2D eigenvalue weighted by atomic mass is 10.0. The molecule has 8 heteroatoms. The van der Waals surface area contributed by atoms with Crippen molar-refractivity contribution in [3.63, 3.8) is 0 Å². The summed E-state index contributed by atoms with van der Waals surface area (Å²) in [5, 5.41) is 11.8. The minimum atomic E-state index is -0.308. The van der Waals surface area contributed by atoms with E-state index in [1.165, 1.54) is 17.7 Å². The maximum Gasteiger partial charge on any atom is 0.159 e. The van der Waals surface area contributed by atoms with E-state index in [0.29, 0.717) is 22.6 Å². The van der Waals surface area contributed by atoms with Gasteiger partial charge in [-0.15, -0.1) is 0 Å². The Morgan fingerprint density at radius 1 is 1.00 bits per heavy atom. The molecule has 0 radical (unpaired) electrons. The summed E-state index contributed by atoms with van der Waals surface area (Å²) in [6.45, 7) is 1.80. The molecular weight excluding hydrogens is 393 g/mol. The van der Waals surface area contributed by atoms with Gasteiger partial charge in [0, 0.05) is 23.7 Å². The number of hydrogen-bond donors (Lipinski definition) is 3. The van der Waals surface area contributed by atoms with Crippen LogP contribution in [-0.4, -0.2) is 43.2 Å². The summed E-state index contributed by atoms with van der Waals surface area (Å²) in [5.74, 6) is 0.320. The fraction of sp³-hybridized carbons (Fsp3) is 0.130. The summed E-state index contributed by atoms with van der Waals surface area (Å²) in [7, 11) is 0. The van der Waals surface area contributed by atoms with Crippen LogP contribution in [0.5, 0.6) is 0 Å². The van der Waals surface area contributed by atoms with Gasteiger partial charge in [0.2, 0.25) is 0 Å². The van der Waals surface area contributed by atoms with Crippen LogP contribution in [0, 0.1) is 5.82 Å². The average Bonchev–Trinajstić information content (AvgIpc) is 3.43. The third-order valence-electron chi connectivity index (χ3n) is 5.56. The topological polar surface area (TPSA) is 95.2 Å². The monoisotopic (exact) mass is 411 g/mol. The van der Waals surface area contributed by atoms with E-state index < -0.39 is 0 Å². The molecule has 5 heterocycles. The second kappa shape index (κ2) is 7.10. The van der Waals surface area contributed by atoms with Crippen LogP contribution >= 0.6 is 0 Å². The second-order valence-electron chi connectivity index (χ2n) is 7.52. The van der Waals surface area contributed by atoms with Gasteiger partial charge >= 0.3 is 0 Å². The van der Waals surface area contributed by atoms with Crippen molar-refractivity contribution >= 4 is 27.5 Å². The van der Waals surface area contributed by atoms with Crippen molar-refractivity contribution in [2.24, 2.45) is 0 Å². The van der Waals surface area contributed by atoms with Gasteiger partial charge in [0.25, 0.3) is 0 Å². The Morgan fingerprint density at radius 3 is 2.84 bits per heavy atom. The summed E-state index contributed by atoms with van der Waals surface area (Å²) in [5.41, 5.74) is 6.54. The molecule has 1 aromatic carbocycles. The Hall–Kier alpha value is -3.91. The predicted molar refractivity (Wildman–Crippen MR) is 118 cm³/mol. The van der Waals surface area contributed by atoms with E-state index in [1.807, 2.05) is 18.3 Å². The first kappa shape index (κ1) is 17.9. The Kier molecular flexibility index (Phi) is 4.10. The first-order valence-corrected chi connectivity index (χ1v) is 10.1. The zero-order chi connectivity index (χ0) is 20.8. The summed E-state index contributed by atoms with van der Waals surface area (Å²) >= 11 is 0. The molecule has 0 unspecified atom stereocenters. The fourth-order valence-corrected chi connectivity index (χ4v) is 4.02. The molecule has 1 aliphatic rings. The van der Waals surface area contributed by atoms with Gasteiger partial charge in [-0.25, -0.2) is 9.37 Å². The number of halogens is 1. The summed E-state index contributed by atoms with van der Waals surface area (Å²) < 4.78 is 13.8. The van der Waals surface area contributed by atoms with Gasteiger partial charge in [-0.3, -0.25) is 15.1 Å². The highest BCUT2D eigenvalue weighted by molar-refractivity contribution is 5.96. The lowest BCUT2D eigenvalue weighted by Gasteiger charge is -2.13. The second-order valence-corrected chi connectivity index (χ2v) is 7.52. The molecule has 6 rings (SSSR count). The minimum absolute atomic E-state index is 0.308. The van der Waals surface area contributed by atoms with Crippen LogP contribution in [0.1, 0.15) is 12.1 Å². The first-order valence-electron chi connectivity index (χ1n) is 10.1. The highest BCUT2D eigenvalue weighted by atomic mass is 19.1. The van der Waals surface area contributed by atoms with Crippen LogP contribution in [0.25, 0.3) is 50.3 Å². The van der Waals surface area contributed by atoms with Crippen molar-refractivity contribution in [2.45, 2.75) is 6.42 Å². The normalized spacial score (nSPS) is 14.3. The Labute approximate surface area is 176 Å². The molecule has 0 spiro atoms. The van der Waals surface area contributed by atoms with Crippen LogP contribution < -0.4 is 5.32 Å².